The van der Waals surface area contributed by atoms with Crippen LogP contribution in [0.25, 0.3) is 0 Å². The maximum atomic E-state index is 12.6. The van der Waals surface area contributed by atoms with Crippen LogP contribution in [0.2, 0.25) is 0 Å². The van der Waals surface area contributed by atoms with Crippen LogP contribution in [0.3, 0.4) is 0 Å². The fourth-order valence-corrected chi connectivity index (χ4v) is 4.45. The molecule has 28 heavy (non-hydrogen) atoms. The lowest BCUT2D eigenvalue weighted by Gasteiger charge is -2.37. The van der Waals surface area contributed by atoms with Crippen molar-refractivity contribution in [2.45, 2.75) is 64.1 Å². The lowest BCUT2D eigenvalue weighted by atomic mass is 9.68. The van der Waals surface area contributed by atoms with E-state index in [9.17, 15) is 24.6 Å². The Labute approximate surface area is 161 Å². The molecule has 1 saturated heterocycles. The number of allylic oxidation sites excluding steroid dienone is 1. The zero-order valence-corrected chi connectivity index (χ0v) is 15.6. The molecule has 2 N–H and O–H groups in total. The molecule has 3 heterocycles. The molecule has 0 aromatic heterocycles. The van der Waals surface area contributed by atoms with Gasteiger partial charge in [0, 0.05) is 24.0 Å². The molecule has 1 aliphatic carbocycles. The normalized spacial score (nSPS) is 37.8. The molecule has 8 heteroatoms. The second kappa shape index (κ2) is 6.56. The smallest absolute Gasteiger partial charge is 0.340 e. The van der Waals surface area contributed by atoms with Crippen molar-refractivity contribution in [1.29, 1.82) is 0 Å². The van der Waals surface area contributed by atoms with Gasteiger partial charge in [-0.05, 0) is 32.8 Å². The van der Waals surface area contributed by atoms with Gasteiger partial charge >= 0.3 is 17.9 Å². The summed E-state index contributed by atoms with van der Waals surface area (Å²) in [4.78, 5) is 36.7. The number of aliphatic hydroxyl groups is 2. The summed E-state index contributed by atoms with van der Waals surface area (Å²) in [5.74, 6) is -1.77. The SMILES string of the molecule is CC1=C(C[C@@H]2OC(=O)C3=CCC[C@@H](O)[C@@]32C)C(=O)O[C@H](C2=CC(O)OC2=O)C1. The Morgan fingerprint density at radius 2 is 1.86 bits per heavy atom. The van der Waals surface area contributed by atoms with E-state index in [2.05, 4.69) is 4.74 Å². The van der Waals surface area contributed by atoms with E-state index in [1.807, 2.05) is 0 Å². The first-order chi connectivity index (χ1) is 13.2. The number of rotatable bonds is 3. The van der Waals surface area contributed by atoms with Gasteiger partial charge in [0.1, 0.15) is 12.2 Å². The molecular formula is C20H22O8. The molecule has 1 unspecified atom stereocenters. The van der Waals surface area contributed by atoms with Gasteiger partial charge < -0.3 is 24.4 Å². The maximum Gasteiger partial charge on any atom is 0.340 e. The Morgan fingerprint density at radius 3 is 2.50 bits per heavy atom. The van der Waals surface area contributed by atoms with Gasteiger partial charge in [-0.2, -0.15) is 0 Å². The van der Waals surface area contributed by atoms with E-state index in [1.165, 1.54) is 6.08 Å². The number of fused-ring (bicyclic) bond motifs is 1. The van der Waals surface area contributed by atoms with Crippen molar-refractivity contribution < 1.29 is 38.8 Å². The molecule has 5 atom stereocenters. The highest BCUT2D eigenvalue weighted by Crippen LogP contribution is 2.49. The van der Waals surface area contributed by atoms with E-state index >= 15 is 0 Å². The van der Waals surface area contributed by atoms with Gasteiger partial charge in [-0.25, -0.2) is 14.4 Å². The van der Waals surface area contributed by atoms with Crippen molar-refractivity contribution in [1.82, 2.24) is 0 Å². The molecule has 4 aliphatic rings. The number of esters is 3. The van der Waals surface area contributed by atoms with Gasteiger partial charge in [0.05, 0.1) is 17.1 Å². The third kappa shape index (κ3) is 2.79. The molecule has 0 radical (unpaired) electrons. The second-order valence-corrected chi connectivity index (χ2v) is 7.87. The van der Waals surface area contributed by atoms with Crippen LogP contribution in [0.1, 0.15) is 39.5 Å². The number of hydrogen-bond acceptors (Lipinski definition) is 8. The van der Waals surface area contributed by atoms with Crippen LogP contribution in [0, 0.1) is 5.41 Å². The Hall–Kier alpha value is -2.45. The van der Waals surface area contributed by atoms with Gasteiger partial charge in [0.2, 0.25) is 6.29 Å². The largest absolute Gasteiger partial charge is 0.458 e. The summed E-state index contributed by atoms with van der Waals surface area (Å²) in [5.41, 5.74) is 0.790. The Morgan fingerprint density at radius 1 is 1.11 bits per heavy atom. The van der Waals surface area contributed by atoms with Crippen molar-refractivity contribution in [3.63, 3.8) is 0 Å². The highest BCUT2D eigenvalue weighted by atomic mass is 16.6. The van der Waals surface area contributed by atoms with Crippen molar-refractivity contribution in [3.05, 3.63) is 34.4 Å². The highest BCUT2D eigenvalue weighted by Gasteiger charge is 2.56. The molecular weight excluding hydrogens is 368 g/mol. The number of ether oxygens (including phenoxy) is 3. The lowest BCUT2D eigenvalue weighted by Crippen LogP contribution is -2.43. The third-order valence-electron chi connectivity index (χ3n) is 6.22. The van der Waals surface area contributed by atoms with E-state index in [0.29, 0.717) is 29.6 Å². The fraction of sp³-hybridized carbons (Fsp3) is 0.550. The van der Waals surface area contributed by atoms with Gasteiger partial charge in [-0.1, -0.05) is 11.6 Å². The van der Waals surface area contributed by atoms with Crippen LogP contribution >= 0.6 is 0 Å². The minimum atomic E-state index is -1.33. The van der Waals surface area contributed by atoms with E-state index in [-0.39, 0.29) is 18.4 Å². The predicted octanol–water partition coefficient (Wildman–Crippen LogP) is 0.823. The van der Waals surface area contributed by atoms with Crippen LogP contribution < -0.4 is 0 Å². The molecule has 0 aromatic carbocycles. The average molecular weight is 390 g/mol. The fourth-order valence-electron chi connectivity index (χ4n) is 4.45. The number of aliphatic hydroxyl groups excluding tert-OH is 2. The molecule has 1 fully saturated rings. The summed E-state index contributed by atoms with van der Waals surface area (Å²) in [5, 5.41) is 20.0. The van der Waals surface area contributed by atoms with Crippen molar-refractivity contribution in [3.8, 4) is 0 Å². The summed E-state index contributed by atoms with van der Waals surface area (Å²) in [7, 11) is 0. The van der Waals surface area contributed by atoms with Crippen molar-refractivity contribution in [2.24, 2.45) is 5.41 Å². The van der Waals surface area contributed by atoms with Gasteiger partial charge in [-0.15, -0.1) is 0 Å². The minimum absolute atomic E-state index is 0.117. The Balaban J connectivity index is 1.58. The maximum absolute atomic E-state index is 12.6. The molecule has 0 aromatic rings. The van der Waals surface area contributed by atoms with E-state index in [0.717, 1.165) is 0 Å². The van der Waals surface area contributed by atoms with Crippen LogP contribution in [0.4, 0.5) is 0 Å². The molecule has 3 aliphatic heterocycles. The lowest BCUT2D eigenvalue weighted by molar-refractivity contribution is -0.154. The molecule has 0 bridgehead atoms. The van der Waals surface area contributed by atoms with Crippen LogP contribution in [-0.4, -0.2) is 52.7 Å². The van der Waals surface area contributed by atoms with E-state index in [1.54, 1.807) is 19.9 Å². The summed E-state index contributed by atoms with van der Waals surface area (Å²) in [6, 6.07) is 0. The highest BCUT2D eigenvalue weighted by molar-refractivity contribution is 5.96. The monoisotopic (exact) mass is 390 g/mol. The number of carbonyl (C=O) groups is 3. The van der Waals surface area contributed by atoms with E-state index in [4.69, 9.17) is 9.47 Å². The molecule has 0 saturated carbocycles. The van der Waals surface area contributed by atoms with Crippen LogP contribution in [-0.2, 0) is 28.6 Å². The first-order valence-corrected chi connectivity index (χ1v) is 9.32. The summed E-state index contributed by atoms with van der Waals surface area (Å²) >= 11 is 0. The molecule has 8 nitrogen and oxygen atoms in total. The van der Waals surface area contributed by atoms with Crippen LogP contribution in [0.5, 0.6) is 0 Å². The third-order valence-corrected chi connectivity index (χ3v) is 6.22. The van der Waals surface area contributed by atoms with Crippen LogP contribution in [0.15, 0.2) is 34.4 Å². The van der Waals surface area contributed by atoms with Crippen molar-refractivity contribution in [2.75, 3.05) is 0 Å². The minimum Gasteiger partial charge on any atom is -0.458 e. The summed E-state index contributed by atoms with van der Waals surface area (Å²) < 4.78 is 15.6. The van der Waals surface area contributed by atoms with Gasteiger partial charge in [0.25, 0.3) is 0 Å². The average Bonchev–Trinajstić information content (AvgIpc) is 3.09. The van der Waals surface area contributed by atoms with Crippen molar-refractivity contribution >= 4 is 17.9 Å². The van der Waals surface area contributed by atoms with Gasteiger partial charge in [0.15, 0.2) is 0 Å². The summed E-state index contributed by atoms with van der Waals surface area (Å²) in [6.45, 7) is 3.54. The Kier molecular flexibility index (Phi) is 4.43. The quantitative estimate of drug-likeness (QED) is 0.537. The molecule has 4 rings (SSSR count). The first-order valence-electron chi connectivity index (χ1n) is 9.32. The first kappa shape index (κ1) is 18.9. The topological polar surface area (TPSA) is 119 Å². The zero-order valence-electron chi connectivity index (χ0n) is 15.6. The predicted molar refractivity (Wildman–Crippen MR) is 93.3 cm³/mol. The number of cyclic esters (lactones) is 3. The van der Waals surface area contributed by atoms with E-state index < -0.39 is 47.9 Å². The standard InChI is InChI=1S/C20H22O8/c1-9-6-13(11-8-16(22)28-18(11)24)26-17(23)10(9)7-15-20(2)12(19(25)27-15)4-3-5-14(20)21/h4,8,13-16,21-22H,3,5-7H2,1-2H3/t13-,14+,15-,16?,20+/m0/s1. The van der Waals surface area contributed by atoms with Gasteiger partial charge in [-0.3, -0.25) is 0 Å². The zero-order chi connectivity index (χ0) is 20.2. The number of hydrogen-bond donors (Lipinski definition) is 2. The molecule has 0 spiro atoms. The Bertz CT molecular complexity index is 850. The number of carbonyl (C=O) groups excluding carboxylic acids is 3. The molecule has 150 valence electrons. The molecule has 0 amide bonds. The summed E-state index contributed by atoms with van der Waals surface area (Å²) in [6.07, 6.45) is 0.999. The second-order valence-electron chi connectivity index (χ2n) is 7.87.